The lowest BCUT2D eigenvalue weighted by Crippen LogP contribution is -2.12. The Morgan fingerprint density at radius 1 is 1.19 bits per heavy atom. The van der Waals surface area contributed by atoms with Gasteiger partial charge in [-0.15, -0.1) is 0 Å². The molecule has 0 aliphatic carbocycles. The van der Waals surface area contributed by atoms with Crippen LogP contribution in [-0.2, 0) is 9.53 Å². The van der Waals surface area contributed by atoms with Gasteiger partial charge in [-0.1, -0.05) is 38.3 Å². The Hall–Kier alpha value is -1.77. The maximum atomic E-state index is 11.7. The van der Waals surface area contributed by atoms with E-state index in [0.29, 0.717) is 0 Å². The van der Waals surface area contributed by atoms with E-state index in [-0.39, 0.29) is 12.1 Å². The Morgan fingerprint density at radius 3 is 2.52 bits per heavy atom. The number of esters is 1. The first-order valence-corrected chi connectivity index (χ1v) is 7.68. The molecule has 0 aliphatic rings. The van der Waals surface area contributed by atoms with E-state index in [1.807, 2.05) is 31.2 Å². The van der Waals surface area contributed by atoms with Crippen LogP contribution in [0.4, 0.5) is 0 Å². The van der Waals surface area contributed by atoms with Crippen LogP contribution in [0.1, 0.15) is 51.5 Å². The van der Waals surface area contributed by atoms with Crippen molar-refractivity contribution in [3.63, 3.8) is 0 Å². The van der Waals surface area contributed by atoms with Crippen LogP contribution in [0.2, 0.25) is 0 Å². The molecule has 0 saturated heterocycles. The standard InChI is InChI=1S/C18H26O3/c1-4-5-6-7-8-15(2)21-18(19)14-11-16-9-12-17(20-3)13-10-16/h9-15H,4-8H2,1-3H3/b14-11+. The highest BCUT2D eigenvalue weighted by atomic mass is 16.5. The van der Waals surface area contributed by atoms with Gasteiger partial charge in [-0.25, -0.2) is 4.79 Å². The summed E-state index contributed by atoms with van der Waals surface area (Å²) in [5.41, 5.74) is 0.948. The number of hydrogen-bond acceptors (Lipinski definition) is 3. The molecule has 0 N–H and O–H groups in total. The van der Waals surface area contributed by atoms with Gasteiger partial charge in [-0.05, 0) is 43.5 Å². The van der Waals surface area contributed by atoms with Crippen molar-refractivity contribution in [2.45, 2.75) is 52.1 Å². The molecule has 1 unspecified atom stereocenters. The fraction of sp³-hybridized carbons (Fsp3) is 0.500. The van der Waals surface area contributed by atoms with E-state index < -0.39 is 0 Å². The van der Waals surface area contributed by atoms with E-state index in [4.69, 9.17) is 9.47 Å². The largest absolute Gasteiger partial charge is 0.497 e. The van der Waals surface area contributed by atoms with Crippen LogP contribution >= 0.6 is 0 Å². The number of carbonyl (C=O) groups excluding carboxylic acids is 1. The first-order chi connectivity index (χ1) is 10.2. The molecule has 0 saturated carbocycles. The lowest BCUT2D eigenvalue weighted by Gasteiger charge is -2.11. The maximum Gasteiger partial charge on any atom is 0.331 e. The lowest BCUT2D eigenvalue weighted by molar-refractivity contribution is -0.142. The minimum Gasteiger partial charge on any atom is -0.497 e. The number of ether oxygens (including phenoxy) is 2. The Labute approximate surface area is 128 Å². The molecular weight excluding hydrogens is 264 g/mol. The van der Waals surface area contributed by atoms with Gasteiger partial charge in [0.25, 0.3) is 0 Å². The molecular formula is C18H26O3. The average molecular weight is 290 g/mol. The first kappa shape index (κ1) is 17.3. The molecule has 1 aromatic rings. The fourth-order valence-electron chi connectivity index (χ4n) is 2.03. The summed E-state index contributed by atoms with van der Waals surface area (Å²) in [5.74, 6) is 0.518. The monoisotopic (exact) mass is 290 g/mol. The van der Waals surface area contributed by atoms with Crippen molar-refractivity contribution in [2.24, 2.45) is 0 Å². The second kappa shape index (κ2) is 10.0. The highest BCUT2D eigenvalue weighted by Crippen LogP contribution is 2.13. The van der Waals surface area contributed by atoms with Gasteiger partial charge in [0.2, 0.25) is 0 Å². The maximum absolute atomic E-state index is 11.7. The summed E-state index contributed by atoms with van der Waals surface area (Å²) in [6.45, 7) is 4.14. The van der Waals surface area contributed by atoms with E-state index >= 15 is 0 Å². The highest BCUT2D eigenvalue weighted by Gasteiger charge is 2.06. The summed E-state index contributed by atoms with van der Waals surface area (Å²) in [4.78, 5) is 11.7. The molecule has 0 radical (unpaired) electrons. The lowest BCUT2D eigenvalue weighted by atomic mass is 10.1. The Bertz CT molecular complexity index is 434. The Morgan fingerprint density at radius 2 is 1.90 bits per heavy atom. The zero-order valence-corrected chi connectivity index (χ0v) is 13.3. The molecule has 3 nitrogen and oxygen atoms in total. The van der Waals surface area contributed by atoms with Gasteiger partial charge in [-0.3, -0.25) is 0 Å². The molecule has 0 heterocycles. The van der Waals surface area contributed by atoms with Gasteiger partial charge in [0.05, 0.1) is 13.2 Å². The normalized spacial score (nSPS) is 12.3. The SMILES string of the molecule is CCCCCCC(C)OC(=O)/C=C/c1ccc(OC)cc1. The number of carbonyl (C=O) groups is 1. The van der Waals surface area contributed by atoms with Crippen molar-refractivity contribution in [2.75, 3.05) is 7.11 Å². The van der Waals surface area contributed by atoms with Gasteiger partial charge < -0.3 is 9.47 Å². The molecule has 0 bridgehead atoms. The molecule has 1 atom stereocenters. The minimum absolute atomic E-state index is 0.0186. The van der Waals surface area contributed by atoms with E-state index in [0.717, 1.165) is 24.2 Å². The molecule has 1 aromatic carbocycles. The van der Waals surface area contributed by atoms with Gasteiger partial charge in [0, 0.05) is 6.08 Å². The van der Waals surface area contributed by atoms with Crippen molar-refractivity contribution >= 4 is 12.0 Å². The molecule has 0 amide bonds. The third-order valence-electron chi connectivity index (χ3n) is 3.31. The number of methoxy groups -OCH3 is 1. The van der Waals surface area contributed by atoms with Crippen LogP contribution in [0.15, 0.2) is 30.3 Å². The summed E-state index contributed by atoms with van der Waals surface area (Å²) >= 11 is 0. The van der Waals surface area contributed by atoms with Gasteiger partial charge >= 0.3 is 5.97 Å². The van der Waals surface area contributed by atoms with E-state index in [1.54, 1.807) is 13.2 Å². The molecule has 0 spiro atoms. The van der Waals surface area contributed by atoms with Crippen LogP contribution in [0.3, 0.4) is 0 Å². The number of rotatable bonds is 9. The van der Waals surface area contributed by atoms with E-state index in [2.05, 4.69) is 6.92 Å². The first-order valence-electron chi connectivity index (χ1n) is 7.68. The molecule has 1 rings (SSSR count). The quantitative estimate of drug-likeness (QED) is 0.378. The second-order valence-corrected chi connectivity index (χ2v) is 5.20. The third kappa shape index (κ3) is 7.54. The van der Waals surface area contributed by atoms with Crippen LogP contribution in [0, 0.1) is 0 Å². The Balaban J connectivity index is 2.32. The average Bonchev–Trinajstić information content (AvgIpc) is 2.50. The van der Waals surface area contributed by atoms with Crippen molar-refractivity contribution in [1.82, 2.24) is 0 Å². The second-order valence-electron chi connectivity index (χ2n) is 5.20. The zero-order valence-electron chi connectivity index (χ0n) is 13.3. The molecule has 116 valence electrons. The van der Waals surface area contributed by atoms with Gasteiger partial charge in [0.15, 0.2) is 0 Å². The zero-order chi connectivity index (χ0) is 15.5. The summed E-state index contributed by atoms with van der Waals surface area (Å²) in [6.07, 6.45) is 8.94. The predicted molar refractivity (Wildman–Crippen MR) is 86.3 cm³/mol. The molecule has 3 heteroatoms. The van der Waals surface area contributed by atoms with Crippen LogP contribution in [0.5, 0.6) is 5.75 Å². The van der Waals surface area contributed by atoms with Gasteiger partial charge in [-0.2, -0.15) is 0 Å². The number of unbranched alkanes of at least 4 members (excludes halogenated alkanes) is 3. The number of hydrogen-bond donors (Lipinski definition) is 0. The van der Waals surface area contributed by atoms with Crippen molar-refractivity contribution in [3.8, 4) is 5.75 Å². The predicted octanol–water partition coefficient (Wildman–Crippen LogP) is 4.61. The molecule has 0 aliphatic heterocycles. The van der Waals surface area contributed by atoms with Crippen LogP contribution < -0.4 is 4.74 Å². The smallest absolute Gasteiger partial charge is 0.331 e. The van der Waals surface area contributed by atoms with E-state index in [1.165, 1.54) is 25.3 Å². The van der Waals surface area contributed by atoms with Crippen molar-refractivity contribution < 1.29 is 14.3 Å². The number of benzene rings is 1. The van der Waals surface area contributed by atoms with Crippen LogP contribution in [0.25, 0.3) is 6.08 Å². The molecule has 0 fully saturated rings. The summed E-state index contributed by atoms with van der Waals surface area (Å²) in [5, 5.41) is 0. The fourth-order valence-corrected chi connectivity index (χ4v) is 2.03. The van der Waals surface area contributed by atoms with Crippen LogP contribution in [-0.4, -0.2) is 19.2 Å². The highest BCUT2D eigenvalue weighted by molar-refractivity contribution is 5.87. The van der Waals surface area contributed by atoms with E-state index in [9.17, 15) is 4.79 Å². The third-order valence-corrected chi connectivity index (χ3v) is 3.31. The Kier molecular flexibility index (Phi) is 8.25. The molecule has 21 heavy (non-hydrogen) atoms. The topological polar surface area (TPSA) is 35.5 Å². The van der Waals surface area contributed by atoms with Crippen molar-refractivity contribution in [1.29, 1.82) is 0 Å². The van der Waals surface area contributed by atoms with Crippen molar-refractivity contribution in [3.05, 3.63) is 35.9 Å². The molecule has 0 aromatic heterocycles. The minimum atomic E-state index is -0.284. The van der Waals surface area contributed by atoms with Gasteiger partial charge in [0.1, 0.15) is 5.75 Å². The summed E-state index contributed by atoms with van der Waals surface area (Å²) in [7, 11) is 1.63. The summed E-state index contributed by atoms with van der Waals surface area (Å²) in [6, 6.07) is 7.52. The summed E-state index contributed by atoms with van der Waals surface area (Å²) < 4.78 is 10.4.